The maximum Gasteiger partial charge on any atom is 0.203 e. The Morgan fingerprint density at radius 2 is 1.54 bits per heavy atom. The number of aromatic hydroxyl groups is 2. The van der Waals surface area contributed by atoms with Crippen molar-refractivity contribution in [2.75, 3.05) is 0 Å². The first kappa shape index (κ1) is 17.0. The van der Waals surface area contributed by atoms with Gasteiger partial charge in [0.2, 0.25) is 5.88 Å². The van der Waals surface area contributed by atoms with Gasteiger partial charge in [-0.25, -0.2) is 0 Å². The van der Waals surface area contributed by atoms with Crippen molar-refractivity contribution in [3.05, 3.63) is 58.2 Å². The molecule has 2 heterocycles. The van der Waals surface area contributed by atoms with E-state index in [0.717, 1.165) is 59.3 Å². The highest BCUT2D eigenvalue weighted by Crippen LogP contribution is 2.47. The molecule has 0 unspecified atom stereocenters. The van der Waals surface area contributed by atoms with Crippen LogP contribution in [0.3, 0.4) is 0 Å². The zero-order valence-electron chi connectivity index (χ0n) is 15.0. The highest BCUT2D eigenvalue weighted by molar-refractivity contribution is 6.30. The molecule has 0 atom stereocenters. The van der Waals surface area contributed by atoms with Gasteiger partial charge in [0.05, 0.1) is 11.3 Å². The maximum absolute atomic E-state index is 10.8. The highest BCUT2D eigenvalue weighted by atomic mass is 35.5. The van der Waals surface area contributed by atoms with Crippen molar-refractivity contribution in [1.82, 2.24) is 4.57 Å². The van der Waals surface area contributed by atoms with E-state index in [0.29, 0.717) is 10.6 Å². The molecular weight excluding hydrogens is 346 g/mol. The number of rotatable bonds is 2. The Bertz CT molecular complexity index is 934. The van der Waals surface area contributed by atoms with E-state index in [4.69, 9.17) is 11.6 Å². The molecule has 0 radical (unpaired) electrons. The molecule has 0 amide bonds. The quantitative estimate of drug-likeness (QED) is 0.597. The van der Waals surface area contributed by atoms with Crippen molar-refractivity contribution in [2.45, 2.75) is 39.7 Å². The molecule has 0 saturated heterocycles. The second kappa shape index (κ2) is 6.40. The van der Waals surface area contributed by atoms with Crippen molar-refractivity contribution in [3.63, 3.8) is 0 Å². The average molecular weight is 368 g/mol. The predicted molar refractivity (Wildman–Crippen MR) is 106 cm³/mol. The fourth-order valence-electron chi connectivity index (χ4n) is 4.09. The number of aromatic nitrogens is 1. The van der Waals surface area contributed by atoms with Crippen LogP contribution in [0.15, 0.2) is 36.4 Å². The van der Waals surface area contributed by atoms with Gasteiger partial charge in [-0.2, -0.15) is 0 Å². The lowest BCUT2D eigenvalue weighted by molar-refractivity contribution is 0.391. The Morgan fingerprint density at radius 3 is 2.15 bits per heavy atom. The summed E-state index contributed by atoms with van der Waals surface area (Å²) in [6.07, 6.45) is 2.88. The van der Waals surface area contributed by atoms with Crippen LogP contribution in [-0.4, -0.2) is 14.8 Å². The predicted octanol–water partition coefficient (Wildman–Crippen LogP) is 5.84. The van der Waals surface area contributed by atoms with Crippen LogP contribution in [0.1, 0.15) is 29.7 Å². The fraction of sp³-hybridized carbons (Fsp3) is 0.273. The molecule has 3 aromatic rings. The molecule has 0 spiro atoms. The van der Waals surface area contributed by atoms with Gasteiger partial charge in [-0.1, -0.05) is 35.9 Å². The molecule has 4 rings (SSSR count). The summed E-state index contributed by atoms with van der Waals surface area (Å²) in [5.41, 5.74) is 6.59. The largest absolute Gasteiger partial charge is 0.505 e. The van der Waals surface area contributed by atoms with Crippen molar-refractivity contribution >= 4 is 11.6 Å². The topological polar surface area (TPSA) is 45.4 Å². The lowest BCUT2D eigenvalue weighted by Crippen LogP contribution is -2.08. The second-order valence-corrected chi connectivity index (χ2v) is 7.53. The number of fused-ring (bicyclic) bond motifs is 1. The average Bonchev–Trinajstić information content (AvgIpc) is 2.87. The van der Waals surface area contributed by atoms with Crippen molar-refractivity contribution in [3.8, 4) is 33.9 Å². The Balaban J connectivity index is 1.86. The van der Waals surface area contributed by atoms with Gasteiger partial charge in [0.1, 0.15) is 5.75 Å². The molecule has 1 aliphatic heterocycles. The van der Waals surface area contributed by atoms with Gasteiger partial charge < -0.3 is 14.8 Å². The lowest BCUT2D eigenvalue weighted by Gasteiger charge is -2.15. The van der Waals surface area contributed by atoms with Gasteiger partial charge in [-0.15, -0.1) is 0 Å². The third kappa shape index (κ3) is 2.67. The summed E-state index contributed by atoms with van der Waals surface area (Å²) < 4.78 is 1.86. The van der Waals surface area contributed by atoms with Gasteiger partial charge in [-0.3, -0.25) is 0 Å². The minimum atomic E-state index is 0.183. The molecule has 0 fully saturated rings. The van der Waals surface area contributed by atoms with E-state index < -0.39 is 0 Å². The Morgan fingerprint density at radius 1 is 0.885 bits per heavy atom. The first-order chi connectivity index (χ1) is 12.5. The minimum Gasteiger partial charge on any atom is -0.505 e. The van der Waals surface area contributed by atoms with Gasteiger partial charge >= 0.3 is 0 Å². The van der Waals surface area contributed by atoms with Crippen LogP contribution in [0.25, 0.3) is 22.3 Å². The monoisotopic (exact) mass is 367 g/mol. The molecule has 4 heteroatoms. The fourth-order valence-corrected chi connectivity index (χ4v) is 4.22. The van der Waals surface area contributed by atoms with E-state index in [2.05, 4.69) is 12.1 Å². The van der Waals surface area contributed by atoms with Crippen LogP contribution in [0.5, 0.6) is 11.6 Å². The first-order valence-corrected chi connectivity index (χ1v) is 9.36. The molecule has 26 heavy (non-hydrogen) atoms. The summed E-state index contributed by atoms with van der Waals surface area (Å²) in [7, 11) is 0. The standard InChI is InChI=1S/C22H22ClNO2/c1-13-11-16(15-6-8-17(23)9-7-15)12-14(2)19(13)20-21(25)18-5-3-4-10-24(18)22(20)26/h6-9,11-12,25-26H,3-5,10H2,1-2H3. The van der Waals surface area contributed by atoms with E-state index in [-0.39, 0.29) is 11.6 Å². The Labute approximate surface area is 158 Å². The molecule has 134 valence electrons. The second-order valence-electron chi connectivity index (χ2n) is 7.09. The number of benzene rings is 2. The van der Waals surface area contributed by atoms with Crippen LogP contribution in [0, 0.1) is 13.8 Å². The van der Waals surface area contributed by atoms with Gasteiger partial charge in [0, 0.05) is 11.6 Å². The Hall–Kier alpha value is -2.39. The number of aryl methyl sites for hydroxylation is 2. The number of nitrogens with zero attached hydrogens (tertiary/aromatic N) is 1. The van der Waals surface area contributed by atoms with E-state index >= 15 is 0 Å². The number of halogens is 1. The Kier molecular flexibility index (Phi) is 4.20. The summed E-state index contributed by atoms with van der Waals surface area (Å²) in [4.78, 5) is 0. The summed E-state index contributed by atoms with van der Waals surface area (Å²) in [6.45, 7) is 4.81. The van der Waals surface area contributed by atoms with Crippen LogP contribution in [-0.2, 0) is 13.0 Å². The normalized spacial score (nSPS) is 13.7. The van der Waals surface area contributed by atoms with Crippen molar-refractivity contribution in [1.29, 1.82) is 0 Å². The van der Waals surface area contributed by atoms with E-state index in [1.165, 1.54) is 0 Å². The van der Waals surface area contributed by atoms with Crippen LogP contribution >= 0.6 is 11.6 Å². The highest BCUT2D eigenvalue weighted by Gasteiger charge is 2.27. The summed E-state index contributed by atoms with van der Waals surface area (Å²) in [6, 6.07) is 12.0. The van der Waals surface area contributed by atoms with Crippen molar-refractivity contribution in [2.24, 2.45) is 0 Å². The van der Waals surface area contributed by atoms with E-state index in [9.17, 15) is 10.2 Å². The SMILES string of the molecule is Cc1cc(-c2ccc(Cl)cc2)cc(C)c1-c1c(O)c2n(c1O)CCCC2. The third-order valence-electron chi connectivity index (χ3n) is 5.32. The van der Waals surface area contributed by atoms with E-state index in [1.54, 1.807) is 0 Å². The molecule has 1 aliphatic rings. The molecule has 1 aromatic heterocycles. The van der Waals surface area contributed by atoms with Crippen LogP contribution in [0.2, 0.25) is 5.02 Å². The molecule has 0 bridgehead atoms. The van der Waals surface area contributed by atoms with E-state index in [1.807, 2.05) is 42.7 Å². The first-order valence-electron chi connectivity index (χ1n) is 8.98. The van der Waals surface area contributed by atoms with Crippen LogP contribution in [0.4, 0.5) is 0 Å². The molecule has 0 saturated carbocycles. The zero-order valence-corrected chi connectivity index (χ0v) is 15.8. The molecule has 0 aliphatic carbocycles. The lowest BCUT2D eigenvalue weighted by atomic mass is 9.92. The zero-order chi connectivity index (χ0) is 18.4. The molecule has 2 aromatic carbocycles. The summed E-state index contributed by atoms with van der Waals surface area (Å²) >= 11 is 5.99. The van der Waals surface area contributed by atoms with Crippen LogP contribution < -0.4 is 0 Å². The van der Waals surface area contributed by atoms with Crippen molar-refractivity contribution < 1.29 is 10.2 Å². The summed E-state index contributed by atoms with van der Waals surface area (Å²) in [5, 5.41) is 22.3. The maximum atomic E-state index is 10.8. The number of hydrogen-bond donors (Lipinski definition) is 2. The summed E-state index contributed by atoms with van der Waals surface area (Å²) in [5.74, 6) is 0.412. The van der Waals surface area contributed by atoms with Gasteiger partial charge in [0.25, 0.3) is 0 Å². The number of hydrogen-bond acceptors (Lipinski definition) is 2. The molecular formula is C22H22ClNO2. The molecule has 3 nitrogen and oxygen atoms in total. The molecule has 2 N–H and O–H groups in total. The third-order valence-corrected chi connectivity index (χ3v) is 5.57. The minimum absolute atomic E-state index is 0.183. The smallest absolute Gasteiger partial charge is 0.203 e. The van der Waals surface area contributed by atoms with Gasteiger partial charge in [-0.05, 0) is 73.1 Å². The van der Waals surface area contributed by atoms with Gasteiger partial charge in [0.15, 0.2) is 0 Å².